The summed E-state index contributed by atoms with van der Waals surface area (Å²) < 4.78 is 0. The standard InChI is InChI=1S/C17H19N3O3/c21-16(19-10-14-6-2-1-3-7-14)12-20(13-17(22)23)11-15-8-4-5-9-18-15/h1-9H,10-13H2,(H,19,21)(H,22,23). The third-order valence-corrected chi connectivity index (χ3v) is 3.17. The van der Waals surface area contributed by atoms with Gasteiger partial charge in [-0.15, -0.1) is 0 Å². The normalized spacial score (nSPS) is 10.5. The van der Waals surface area contributed by atoms with Crippen LogP contribution >= 0.6 is 0 Å². The van der Waals surface area contributed by atoms with Gasteiger partial charge in [0.25, 0.3) is 0 Å². The molecular weight excluding hydrogens is 294 g/mol. The number of benzene rings is 1. The quantitative estimate of drug-likeness (QED) is 0.767. The third kappa shape index (κ3) is 6.27. The minimum absolute atomic E-state index is 0.00963. The predicted octanol–water partition coefficient (Wildman–Crippen LogP) is 1.28. The van der Waals surface area contributed by atoms with Crippen LogP contribution in [0.1, 0.15) is 11.3 Å². The highest BCUT2D eigenvalue weighted by molar-refractivity contribution is 5.79. The van der Waals surface area contributed by atoms with Gasteiger partial charge < -0.3 is 10.4 Å². The fourth-order valence-corrected chi connectivity index (χ4v) is 2.14. The van der Waals surface area contributed by atoms with Crippen LogP contribution in [-0.4, -0.2) is 40.0 Å². The van der Waals surface area contributed by atoms with Crippen molar-refractivity contribution < 1.29 is 14.7 Å². The number of pyridine rings is 1. The monoisotopic (exact) mass is 313 g/mol. The van der Waals surface area contributed by atoms with Gasteiger partial charge in [0.15, 0.2) is 0 Å². The molecule has 0 radical (unpaired) electrons. The van der Waals surface area contributed by atoms with Crippen molar-refractivity contribution in [3.63, 3.8) is 0 Å². The van der Waals surface area contributed by atoms with E-state index in [2.05, 4.69) is 10.3 Å². The number of carbonyl (C=O) groups is 2. The Hall–Kier alpha value is -2.73. The van der Waals surface area contributed by atoms with Gasteiger partial charge in [0, 0.05) is 19.3 Å². The molecule has 120 valence electrons. The van der Waals surface area contributed by atoms with Gasteiger partial charge in [-0.3, -0.25) is 19.5 Å². The van der Waals surface area contributed by atoms with E-state index >= 15 is 0 Å². The lowest BCUT2D eigenvalue weighted by Gasteiger charge is -2.19. The maximum Gasteiger partial charge on any atom is 0.317 e. The summed E-state index contributed by atoms with van der Waals surface area (Å²) >= 11 is 0. The number of carbonyl (C=O) groups excluding carboxylic acids is 1. The second-order valence-corrected chi connectivity index (χ2v) is 5.12. The zero-order valence-corrected chi connectivity index (χ0v) is 12.7. The molecule has 0 saturated carbocycles. The molecule has 0 spiro atoms. The smallest absolute Gasteiger partial charge is 0.317 e. The minimum Gasteiger partial charge on any atom is -0.480 e. The van der Waals surface area contributed by atoms with E-state index in [1.165, 1.54) is 0 Å². The molecule has 0 atom stereocenters. The Morgan fingerprint density at radius 3 is 2.43 bits per heavy atom. The summed E-state index contributed by atoms with van der Waals surface area (Å²) in [5, 5.41) is 11.8. The van der Waals surface area contributed by atoms with Gasteiger partial charge >= 0.3 is 5.97 Å². The molecule has 0 fully saturated rings. The van der Waals surface area contributed by atoms with E-state index in [-0.39, 0.29) is 19.0 Å². The second-order valence-electron chi connectivity index (χ2n) is 5.12. The van der Waals surface area contributed by atoms with Crippen molar-refractivity contribution in [3.8, 4) is 0 Å². The van der Waals surface area contributed by atoms with Gasteiger partial charge in [-0.2, -0.15) is 0 Å². The number of amides is 1. The van der Waals surface area contributed by atoms with Gasteiger partial charge in [-0.1, -0.05) is 36.4 Å². The highest BCUT2D eigenvalue weighted by Crippen LogP contribution is 2.02. The van der Waals surface area contributed by atoms with E-state index in [0.29, 0.717) is 13.1 Å². The summed E-state index contributed by atoms with van der Waals surface area (Å²) in [6.07, 6.45) is 1.64. The molecule has 1 heterocycles. The van der Waals surface area contributed by atoms with Crippen molar-refractivity contribution in [1.29, 1.82) is 0 Å². The number of carboxylic acids is 1. The maximum absolute atomic E-state index is 12.0. The Balaban J connectivity index is 1.88. The van der Waals surface area contributed by atoms with Gasteiger partial charge in [0.2, 0.25) is 5.91 Å². The zero-order chi connectivity index (χ0) is 16.5. The molecule has 2 aromatic rings. The first-order valence-electron chi connectivity index (χ1n) is 7.28. The molecule has 23 heavy (non-hydrogen) atoms. The molecule has 2 rings (SSSR count). The Bertz CT molecular complexity index is 632. The first-order valence-corrected chi connectivity index (χ1v) is 7.28. The number of hydrogen-bond acceptors (Lipinski definition) is 4. The largest absolute Gasteiger partial charge is 0.480 e. The number of carboxylic acid groups (broad SMARTS) is 1. The number of nitrogens with one attached hydrogen (secondary N) is 1. The molecule has 0 aliphatic rings. The summed E-state index contributed by atoms with van der Waals surface area (Å²) in [5.41, 5.74) is 1.72. The highest BCUT2D eigenvalue weighted by atomic mass is 16.4. The van der Waals surface area contributed by atoms with Crippen LogP contribution in [0.25, 0.3) is 0 Å². The van der Waals surface area contributed by atoms with Crippen LogP contribution in [0.4, 0.5) is 0 Å². The topological polar surface area (TPSA) is 82.5 Å². The molecule has 0 aliphatic carbocycles. The van der Waals surface area contributed by atoms with Crippen molar-refractivity contribution in [2.75, 3.05) is 13.1 Å². The summed E-state index contributed by atoms with van der Waals surface area (Å²) in [6.45, 7) is 0.529. The lowest BCUT2D eigenvalue weighted by molar-refractivity contribution is -0.138. The predicted molar refractivity (Wildman–Crippen MR) is 85.4 cm³/mol. The first-order chi connectivity index (χ1) is 11.1. The van der Waals surface area contributed by atoms with Crippen LogP contribution in [0.15, 0.2) is 54.7 Å². The second kappa shape index (κ2) is 8.65. The lowest BCUT2D eigenvalue weighted by Crippen LogP contribution is -2.39. The molecule has 0 unspecified atom stereocenters. The SMILES string of the molecule is O=C(O)CN(CC(=O)NCc1ccccc1)Cc1ccccn1. The van der Waals surface area contributed by atoms with Gasteiger partial charge in [-0.05, 0) is 17.7 Å². The average molecular weight is 313 g/mol. The summed E-state index contributed by atoms with van der Waals surface area (Å²) in [6, 6.07) is 15.0. The molecule has 0 bridgehead atoms. The number of nitrogens with zero attached hydrogens (tertiary/aromatic N) is 2. The Morgan fingerprint density at radius 1 is 1.04 bits per heavy atom. The average Bonchev–Trinajstić information content (AvgIpc) is 2.54. The van der Waals surface area contributed by atoms with Crippen LogP contribution in [0, 0.1) is 0 Å². The Kier molecular flexibility index (Phi) is 6.26. The van der Waals surface area contributed by atoms with E-state index in [1.54, 1.807) is 23.2 Å². The minimum atomic E-state index is -0.975. The van der Waals surface area contributed by atoms with Crippen molar-refractivity contribution in [3.05, 3.63) is 66.0 Å². The third-order valence-electron chi connectivity index (χ3n) is 3.17. The summed E-state index contributed by atoms with van der Waals surface area (Å²) in [5.74, 6) is -1.19. The van der Waals surface area contributed by atoms with E-state index < -0.39 is 5.97 Å². The molecule has 6 nitrogen and oxygen atoms in total. The Labute approximate surface area is 134 Å². The zero-order valence-electron chi connectivity index (χ0n) is 12.7. The van der Waals surface area contributed by atoms with E-state index in [1.807, 2.05) is 36.4 Å². The van der Waals surface area contributed by atoms with Crippen molar-refractivity contribution in [2.24, 2.45) is 0 Å². The molecule has 6 heteroatoms. The van der Waals surface area contributed by atoms with Crippen LogP contribution in [-0.2, 0) is 22.7 Å². The van der Waals surface area contributed by atoms with Crippen LogP contribution < -0.4 is 5.32 Å². The number of rotatable bonds is 8. The van der Waals surface area contributed by atoms with Crippen LogP contribution in [0.5, 0.6) is 0 Å². The molecule has 1 amide bonds. The molecule has 1 aromatic carbocycles. The van der Waals surface area contributed by atoms with Gasteiger partial charge in [-0.25, -0.2) is 0 Å². The Morgan fingerprint density at radius 2 is 1.78 bits per heavy atom. The fraction of sp³-hybridized carbons (Fsp3) is 0.235. The molecular formula is C17H19N3O3. The first kappa shape index (κ1) is 16.6. The maximum atomic E-state index is 12.0. The molecule has 0 aliphatic heterocycles. The highest BCUT2D eigenvalue weighted by Gasteiger charge is 2.15. The number of hydrogen-bond donors (Lipinski definition) is 2. The number of aliphatic carboxylic acids is 1. The van der Waals surface area contributed by atoms with Crippen LogP contribution in [0.2, 0.25) is 0 Å². The van der Waals surface area contributed by atoms with Crippen LogP contribution in [0.3, 0.4) is 0 Å². The molecule has 0 saturated heterocycles. The van der Waals surface area contributed by atoms with E-state index in [0.717, 1.165) is 11.3 Å². The lowest BCUT2D eigenvalue weighted by atomic mass is 10.2. The van der Waals surface area contributed by atoms with Crippen molar-refractivity contribution in [2.45, 2.75) is 13.1 Å². The molecule has 1 aromatic heterocycles. The van der Waals surface area contributed by atoms with E-state index in [9.17, 15) is 9.59 Å². The van der Waals surface area contributed by atoms with Gasteiger partial charge in [0.1, 0.15) is 0 Å². The summed E-state index contributed by atoms with van der Waals surface area (Å²) in [7, 11) is 0. The fourth-order valence-electron chi connectivity index (χ4n) is 2.14. The molecule has 2 N–H and O–H groups in total. The summed E-state index contributed by atoms with van der Waals surface area (Å²) in [4.78, 5) is 28.7. The van der Waals surface area contributed by atoms with E-state index in [4.69, 9.17) is 5.11 Å². The van der Waals surface area contributed by atoms with Crippen molar-refractivity contribution in [1.82, 2.24) is 15.2 Å². The number of aromatic nitrogens is 1. The van der Waals surface area contributed by atoms with Gasteiger partial charge in [0.05, 0.1) is 18.8 Å². The van der Waals surface area contributed by atoms with Crippen molar-refractivity contribution >= 4 is 11.9 Å².